The van der Waals surface area contributed by atoms with E-state index in [1.54, 1.807) is 18.1 Å². The standard InChI is InChI=1S/C15H21NO3S/c1-4-16(12(2)11-19-3)15(18)14-9-8-13(20-14)7-5-6-10-17/h8-9,12,17H,4,6,10-11H2,1-3H3. The Morgan fingerprint density at radius 2 is 2.30 bits per heavy atom. The van der Waals surface area contributed by atoms with E-state index in [2.05, 4.69) is 11.8 Å². The summed E-state index contributed by atoms with van der Waals surface area (Å²) < 4.78 is 5.11. The molecular formula is C15H21NO3S. The van der Waals surface area contributed by atoms with Crippen LogP contribution in [0.4, 0.5) is 0 Å². The Morgan fingerprint density at radius 1 is 1.55 bits per heavy atom. The molecule has 0 fully saturated rings. The third-order valence-electron chi connectivity index (χ3n) is 2.81. The van der Waals surface area contributed by atoms with E-state index in [4.69, 9.17) is 9.84 Å². The molecule has 0 bridgehead atoms. The maximum atomic E-state index is 12.4. The number of aliphatic hydroxyl groups excluding tert-OH is 1. The average molecular weight is 295 g/mol. The highest BCUT2D eigenvalue weighted by Gasteiger charge is 2.21. The van der Waals surface area contributed by atoms with Crippen molar-refractivity contribution in [3.63, 3.8) is 0 Å². The second-order valence-corrected chi connectivity index (χ2v) is 5.42. The number of hydrogen-bond donors (Lipinski definition) is 1. The van der Waals surface area contributed by atoms with Crippen LogP contribution in [0, 0.1) is 11.8 Å². The van der Waals surface area contributed by atoms with Crippen molar-refractivity contribution in [2.75, 3.05) is 26.9 Å². The predicted octanol–water partition coefficient (Wildman–Crippen LogP) is 1.98. The number of aliphatic hydroxyl groups is 1. The van der Waals surface area contributed by atoms with Crippen molar-refractivity contribution in [1.29, 1.82) is 0 Å². The van der Waals surface area contributed by atoms with Gasteiger partial charge in [-0.25, -0.2) is 0 Å². The molecule has 1 rings (SSSR count). The number of rotatable bonds is 6. The van der Waals surface area contributed by atoms with Crippen LogP contribution in [-0.2, 0) is 4.74 Å². The molecule has 1 aromatic heterocycles. The van der Waals surface area contributed by atoms with E-state index >= 15 is 0 Å². The van der Waals surface area contributed by atoms with Crippen molar-refractivity contribution in [1.82, 2.24) is 4.90 Å². The number of carbonyl (C=O) groups excluding carboxylic acids is 1. The van der Waals surface area contributed by atoms with Gasteiger partial charge in [0.15, 0.2) is 0 Å². The van der Waals surface area contributed by atoms with Gasteiger partial charge in [-0.1, -0.05) is 11.8 Å². The van der Waals surface area contributed by atoms with Crippen molar-refractivity contribution in [3.8, 4) is 11.8 Å². The molecule has 1 amide bonds. The predicted molar refractivity (Wildman–Crippen MR) is 80.9 cm³/mol. The van der Waals surface area contributed by atoms with E-state index in [9.17, 15) is 4.79 Å². The lowest BCUT2D eigenvalue weighted by Crippen LogP contribution is -2.40. The number of carbonyl (C=O) groups is 1. The van der Waals surface area contributed by atoms with Crippen molar-refractivity contribution < 1.29 is 14.6 Å². The summed E-state index contributed by atoms with van der Waals surface area (Å²) in [5.41, 5.74) is 0. The Balaban J connectivity index is 2.78. The van der Waals surface area contributed by atoms with Gasteiger partial charge in [-0.2, -0.15) is 0 Å². The van der Waals surface area contributed by atoms with Gasteiger partial charge in [0.2, 0.25) is 0 Å². The van der Waals surface area contributed by atoms with Gasteiger partial charge in [-0.15, -0.1) is 11.3 Å². The summed E-state index contributed by atoms with van der Waals surface area (Å²) in [4.78, 5) is 15.7. The van der Waals surface area contributed by atoms with Gasteiger partial charge in [0.05, 0.1) is 29.0 Å². The zero-order valence-corrected chi connectivity index (χ0v) is 13.0. The molecule has 0 saturated carbocycles. The van der Waals surface area contributed by atoms with Gasteiger partial charge >= 0.3 is 0 Å². The minimum absolute atomic E-state index is 0.0114. The van der Waals surface area contributed by atoms with Crippen LogP contribution in [0.5, 0.6) is 0 Å². The third kappa shape index (κ3) is 4.64. The van der Waals surface area contributed by atoms with Crippen molar-refractivity contribution in [3.05, 3.63) is 21.9 Å². The van der Waals surface area contributed by atoms with E-state index in [0.29, 0.717) is 24.4 Å². The highest BCUT2D eigenvalue weighted by molar-refractivity contribution is 7.14. The monoisotopic (exact) mass is 295 g/mol. The number of methoxy groups -OCH3 is 1. The molecule has 1 unspecified atom stereocenters. The largest absolute Gasteiger partial charge is 0.395 e. The SMILES string of the molecule is CCN(C(=O)c1ccc(C#CCCO)s1)C(C)COC. The zero-order valence-electron chi connectivity index (χ0n) is 12.2. The lowest BCUT2D eigenvalue weighted by atomic mass is 10.2. The second kappa shape index (κ2) is 8.75. The van der Waals surface area contributed by atoms with Crippen molar-refractivity contribution in [2.45, 2.75) is 26.3 Å². The molecule has 0 saturated heterocycles. The highest BCUT2D eigenvalue weighted by atomic mass is 32.1. The molecule has 0 radical (unpaired) electrons. The maximum absolute atomic E-state index is 12.4. The van der Waals surface area contributed by atoms with Gasteiger partial charge < -0.3 is 14.7 Å². The molecule has 0 aliphatic heterocycles. The summed E-state index contributed by atoms with van der Waals surface area (Å²) in [6.07, 6.45) is 0.452. The van der Waals surface area contributed by atoms with Crippen LogP contribution in [0.2, 0.25) is 0 Å². The lowest BCUT2D eigenvalue weighted by molar-refractivity contribution is 0.0584. The van der Waals surface area contributed by atoms with Crippen molar-refractivity contribution in [2.24, 2.45) is 0 Å². The fourth-order valence-corrected chi connectivity index (χ4v) is 2.69. The molecule has 20 heavy (non-hydrogen) atoms. The Kier molecular flexibility index (Phi) is 7.31. The smallest absolute Gasteiger partial charge is 0.264 e. The van der Waals surface area contributed by atoms with Crippen molar-refractivity contribution >= 4 is 17.2 Å². The number of thiophene rings is 1. The molecule has 1 aromatic rings. The molecule has 0 spiro atoms. The van der Waals surface area contributed by atoms with Gasteiger partial charge in [-0.05, 0) is 26.0 Å². The molecule has 110 valence electrons. The molecule has 0 aromatic carbocycles. The van der Waals surface area contributed by atoms with Gasteiger partial charge in [0, 0.05) is 20.1 Å². The first-order valence-electron chi connectivity index (χ1n) is 6.63. The fraction of sp³-hybridized carbons (Fsp3) is 0.533. The quantitative estimate of drug-likeness (QED) is 0.816. The summed E-state index contributed by atoms with van der Waals surface area (Å²) >= 11 is 1.38. The molecule has 4 nitrogen and oxygen atoms in total. The van der Waals surface area contributed by atoms with Crippen LogP contribution in [-0.4, -0.2) is 48.8 Å². The van der Waals surface area contributed by atoms with E-state index in [1.165, 1.54) is 11.3 Å². The fourth-order valence-electron chi connectivity index (χ4n) is 1.85. The van der Waals surface area contributed by atoms with E-state index in [0.717, 1.165) is 4.88 Å². The molecular weight excluding hydrogens is 274 g/mol. The highest BCUT2D eigenvalue weighted by Crippen LogP contribution is 2.18. The van der Waals surface area contributed by atoms with Crippen LogP contribution < -0.4 is 0 Å². The van der Waals surface area contributed by atoms with Crippen LogP contribution in [0.3, 0.4) is 0 Å². The normalized spacial score (nSPS) is 11.6. The maximum Gasteiger partial charge on any atom is 0.264 e. The number of amides is 1. The molecule has 1 N–H and O–H groups in total. The van der Waals surface area contributed by atoms with E-state index in [1.807, 2.05) is 19.9 Å². The Morgan fingerprint density at radius 3 is 2.90 bits per heavy atom. The average Bonchev–Trinajstić information content (AvgIpc) is 2.89. The summed E-state index contributed by atoms with van der Waals surface area (Å²) in [5.74, 6) is 5.81. The molecule has 0 aliphatic rings. The summed E-state index contributed by atoms with van der Waals surface area (Å²) in [6.45, 7) is 5.16. The Labute approximate surface area is 124 Å². The first-order valence-corrected chi connectivity index (χ1v) is 7.45. The van der Waals surface area contributed by atoms with Gasteiger partial charge in [-0.3, -0.25) is 4.79 Å². The Hall–Kier alpha value is -1.35. The summed E-state index contributed by atoms with van der Waals surface area (Å²) in [5, 5.41) is 8.68. The first kappa shape index (κ1) is 16.7. The van der Waals surface area contributed by atoms with Gasteiger partial charge in [0.25, 0.3) is 5.91 Å². The number of ether oxygens (including phenoxy) is 1. The Bertz CT molecular complexity index is 487. The number of hydrogen-bond acceptors (Lipinski definition) is 4. The second-order valence-electron chi connectivity index (χ2n) is 4.33. The number of nitrogens with zero attached hydrogens (tertiary/aromatic N) is 1. The third-order valence-corrected chi connectivity index (χ3v) is 3.80. The van der Waals surface area contributed by atoms with Crippen LogP contribution >= 0.6 is 11.3 Å². The molecule has 1 heterocycles. The number of likely N-dealkylation sites (N-methyl/N-ethyl adjacent to an activating group) is 1. The molecule has 5 heteroatoms. The minimum atomic E-state index is 0.0114. The van der Waals surface area contributed by atoms with Crippen LogP contribution in [0.1, 0.15) is 34.8 Å². The van der Waals surface area contributed by atoms with E-state index in [-0.39, 0.29) is 18.6 Å². The van der Waals surface area contributed by atoms with Crippen LogP contribution in [0.25, 0.3) is 0 Å². The zero-order chi connectivity index (χ0) is 15.0. The van der Waals surface area contributed by atoms with Gasteiger partial charge in [0.1, 0.15) is 0 Å². The summed E-state index contributed by atoms with van der Waals surface area (Å²) in [7, 11) is 1.63. The topological polar surface area (TPSA) is 49.8 Å². The first-order chi connectivity index (χ1) is 9.63. The molecule has 1 atom stereocenters. The lowest BCUT2D eigenvalue weighted by Gasteiger charge is -2.26. The van der Waals surface area contributed by atoms with E-state index < -0.39 is 0 Å². The minimum Gasteiger partial charge on any atom is -0.395 e. The molecule has 0 aliphatic carbocycles. The summed E-state index contributed by atoms with van der Waals surface area (Å²) in [6, 6.07) is 3.69. The van der Waals surface area contributed by atoms with Crippen LogP contribution in [0.15, 0.2) is 12.1 Å².